The zero-order valence-corrected chi connectivity index (χ0v) is 15.5. The van der Waals surface area contributed by atoms with Crippen molar-refractivity contribution >= 4 is 27.4 Å². The molecule has 1 aliphatic carbocycles. The number of Topliss-reactive ketones (excluding diaryl/α,β-unsaturated/α-hetero) is 1. The minimum absolute atomic E-state index is 0.117. The summed E-state index contributed by atoms with van der Waals surface area (Å²) in [6.07, 6.45) is 4.50. The van der Waals surface area contributed by atoms with E-state index in [9.17, 15) is 4.79 Å². The summed E-state index contributed by atoms with van der Waals surface area (Å²) in [6.45, 7) is 4.61. The van der Waals surface area contributed by atoms with Gasteiger partial charge in [-0.05, 0) is 70.0 Å². The third-order valence-electron chi connectivity index (χ3n) is 4.08. The van der Waals surface area contributed by atoms with Gasteiger partial charge >= 0.3 is 0 Å². The number of nitrogens with zero attached hydrogens (tertiary/aromatic N) is 1. The van der Waals surface area contributed by atoms with E-state index in [0.29, 0.717) is 0 Å². The lowest BCUT2D eigenvalue weighted by molar-refractivity contribution is 0.101. The third kappa shape index (κ3) is 3.99. The number of benzene rings is 1. The molecule has 0 saturated heterocycles. The lowest BCUT2D eigenvalue weighted by Gasteiger charge is -2.26. The predicted molar refractivity (Wildman–Crippen MR) is 96.6 cm³/mol. The molecular weight excluding hydrogens is 340 g/mol. The molecule has 120 valence electrons. The lowest BCUT2D eigenvalue weighted by atomic mass is 9.90. The summed E-state index contributed by atoms with van der Waals surface area (Å²) in [6, 6.07) is 4.07. The highest BCUT2D eigenvalue weighted by atomic mass is 79.9. The standard InChI is InChI=1S/C18H25BrN2O/c1-5-15-16(12(2)22)9-14(10-17(15)19)20-18(11-21(3)4)13-7-6-8-13/h9-10,20H,5-8,11H2,1-4H3. The number of hydrogen-bond acceptors (Lipinski definition) is 3. The maximum atomic E-state index is 11.9. The van der Waals surface area contributed by atoms with Gasteiger partial charge in [0.15, 0.2) is 5.78 Å². The largest absolute Gasteiger partial charge is 0.358 e. The highest BCUT2D eigenvalue weighted by Crippen LogP contribution is 2.32. The molecule has 1 aliphatic rings. The quantitative estimate of drug-likeness (QED) is 0.747. The van der Waals surface area contributed by atoms with Gasteiger partial charge in [0.1, 0.15) is 0 Å². The van der Waals surface area contributed by atoms with E-state index in [1.54, 1.807) is 6.92 Å². The van der Waals surface area contributed by atoms with E-state index in [-0.39, 0.29) is 5.78 Å². The van der Waals surface area contributed by atoms with E-state index in [0.717, 1.165) is 34.3 Å². The molecule has 0 atom stereocenters. The number of carbonyl (C=O) groups is 1. The summed E-state index contributed by atoms with van der Waals surface area (Å²) in [4.78, 5) is 14.1. The molecule has 0 bridgehead atoms. The Morgan fingerprint density at radius 1 is 1.32 bits per heavy atom. The van der Waals surface area contributed by atoms with Crippen LogP contribution in [0.1, 0.15) is 49.0 Å². The Balaban J connectivity index is 2.34. The van der Waals surface area contributed by atoms with E-state index in [2.05, 4.69) is 53.2 Å². The van der Waals surface area contributed by atoms with Crippen LogP contribution in [0.15, 0.2) is 27.9 Å². The predicted octanol–water partition coefficient (Wildman–Crippen LogP) is 4.63. The summed E-state index contributed by atoms with van der Waals surface area (Å²) in [7, 11) is 4.16. The van der Waals surface area contributed by atoms with Crippen LogP contribution in [0, 0.1) is 0 Å². The normalized spacial score (nSPS) is 14.0. The van der Waals surface area contributed by atoms with Crippen molar-refractivity contribution in [2.45, 2.75) is 39.5 Å². The Hall–Kier alpha value is -1.13. The van der Waals surface area contributed by atoms with Crippen LogP contribution in [0.25, 0.3) is 0 Å². The van der Waals surface area contributed by atoms with E-state index >= 15 is 0 Å². The van der Waals surface area contributed by atoms with Gasteiger partial charge in [-0.3, -0.25) is 4.79 Å². The molecule has 0 radical (unpaired) electrons. The first-order valence-electron chi connectivity index (χ1n) is 7.88. The molecule has 3 nitrogen and oxygen atoms in total. The highest BCUT2D eigenvalue weighted by molar-refractivity contribution is 9.10. The van der Waals surface area contributed by atoms with Crippen molar-refractivity contribution in [2.75, 3.05) is 26.0 Å². The molecular formula is C18H25BrN2O. The van der Waals surface area contributed by atoms with E-state index in [1.165, 1.54) is 30.5 Å². The molecule has 22 heavy (non-hydrogen) atoms. The second-order valence-corrected chi connectivity index (χ2v) is 7.05. The van der Waals surface area contributed by atoms with E-state index < -0.39 is 0 Å². The van der Waals surface area contributed by atoms with Crippen molar-refractivity contribution in [2.24, 2.45) is 0 Å². The molecule has 0 spiro atoms. The Kier molecular flexibility index (Phi) is 5.81. The van der Waals surface area contributed by atoms with E-state index in [1.807, 2.05) is 6.07 Å². The van der Waals surface area contributed by atoms with Gasteiger partial charge in [0.05, 0.1) is 0 Å². The molecule has 0 unspecified atom stereocenters. The maximum Gasteiger partial charge on any atom is 0.160 e. The van der Waals surface area contributed by atoms with Crippen LogP contribution in [0.5, 0.6) is 0 Å². The average Bonchev–Trinajstić information content (AvgIpc) is 2.34. The number of anilines is 1. The second-order valence-electron chi connectivity index (χ2n) is 6.19. The first kappa shape index (κ1) is 17.2. The maximum absolute atomic E-state index is 11.9. The summed E-state index contributed by atoms with van der Waals surface area (Å²) in [5.41, 5.74) is 5.67. The molecule has 0 aromatic heterocycles. The number of allylic oxidation sites excluding steroid dienone is 1. The van der Waals surface area contributed by atoms with Gasteiger partial charge in [-0.15, -0.1) is 0 Å². The molecule has 1 fully saturated rings. The van der Waals surface area contributed by atoms with Crippen LogP contribution in [0.2, 0.25) is 0 Å². The monoisotopic (exact) mass is 364 g/mol. The molecule has 1 N–H and O–H groups in total. The number of rotatable bonds is 6. The Bertz CT molecular complexity index is 599. The SMILES string of the molecule is CCc1c(Br)cc(NC(CN(C)C)=C2CCC2)cc1C(C)=O. The molecule has 0 aliphatic heterocycles. The Labute approximate surface area is 141 Å². The zero-order valence-electron chi connectivity index (χ0n) is 13.9. The lowest BCUT2D eigenvalue weighted by Crippen LogP contribution is -2.22. The Morgan fingerprint density at radius 2 is 2.00 bits per heavy atom. The average molecular weight is 365 g/mol. The topological polar surface area (TPSA) is 32.3 Å². The van der Waals surface area contributed by atoms with Gasteiger partial charge in [0.2, 0.25) is 0 Å². The summed E-state index contributed by atoms with van der Waals surface area (Å²) in [5.74, 6) is 0.117. The molecule has 4 heteroatoms. The van der Waals surface area contributed by atoms with E-state index in [4.69, 9.17) is 0 Å². The van der Waals surface area contributed by atoms with Gasteiger partial charge in [-0.2, -0.15) is 0 Å². The number of likely N-dealkylation sites (N-methyl/N-ethyl adjacent to an activating group) is 1. The zero-order chi connectivity index (χ0) is 16.3. The summed E-state index contributed by atoms with van der Waals surface area (Å²) < 4.78 is 1.01. The van der Waals surface area contributed by atoms with Crippen LogP contribution in [0.4, 0.5) is 5.69 Å². The molecule has 1 aromatic carbocycles. The summed E-state index contributed by atoms with van der Waals surface area (Å²) >= 11 is 3.62. The van der Waals surface area contributed by atoms with Crippen molar-refractivity contribution < 1.29 is 4.79 Å². The molecule has 0 heterocycles. The van der Waals surface area contributed by atoms with Crippen LogP contribution in [-0.2, 0) is 6.42 Å². The van der Waals surface area contributed by atoms with Crippen molar-refractivity contribution in [1.82, 2.24) is 4.90 Å². The van der Waals surface area contributed by atoms with Crippen LogP contribution in [-0.4, -0.2) is 31.3 Å². The van der Waals surface area contributed by atoms with Gasteiger partial charge in [-0.1, -0.05) is 22.9 Å². The first-order valence-corrected chi connectivity index (χ1v) is 8.67. The van der Waals surface area contributed by atoms with Crippen LogP contribution in [0.3, 0.4) is 0 Å². The minimum atomic E-state index is 0.117. The fourth-order valence-electron chi connectivity index (χ4n) is 2.77. The van der Waals surface area contributed by atoms with Crippen LogP contribution < -0.4 is 5.32 Å². The summed E-state index contributed by atoms with van der Waals surface area (Å²) in [5, 5.41) is 3.56. The second kappa shape index (κ2) is 7.42. The fourth-order valence-corrected chi connectivity index (χ4v) is 3.51. The van der Waals surface area contributed by atoms with Crippen molar-refractivity contribution in [3.8, 4) is 0 Å². The number of carbonyl (C=O) groups excluding carboxylic acids is 1. The van der Waals surface area contributed by atoms with Crippen molar-refractivity contribution in [1.29, 1.82) is 0 Å². The van der Waals surface area contributed by atoms with Gasteiger partial charge in [0.25, 0.3) is 0 Å². The van der Waals surface area contributed by atoms with Gasteiger partial charge in [-0.25, -0.2) is 0 Å². The van der Waals surface area contributed by atoms with Crippen molar-refractivity contribution in [3.63, 3.8) is 0 Å². The fraction of sp³-hybridized carbons (Fsp3) is 0.500. The smallest absolute Gasteiger partial charge is 0.160 e. The van der Waals surface area contributed by atoms with Crippen molar-refractivity contribution in [3.05, 3.63) is 39.0 Å². The number of halogens is 1. The first-order chi connectivity index (χ1) is 10.4. The number of ketones is 1. The van der Waals surface area contributed by atoms with Gasteiger partial charge < -0.3 is 10.2 Å². The van der Waals surface area contributed by atoms with Crippen LogP contribution >= 0.6 is 15.9 Å². The highest BCUT2D eigenvalue weighted by Gasteiger charge is 2.17. The third-order valence-corrected chi connectivity index (χ3v) is 4.79. The van der Waals surface area contributed by atoms with Gasteiger partial charge in [0, 0.05) is 28.0 Å². The molecule has 2 rings (SSSR count). The molecule has 1 saturated carbocycles. The minimum Gasteiger partial charge on any atom is -0.358 e. The molecule has 1 aromatic rings. The Morgan fingerprint density at radius 3 is 2.45 bits per heavy atom. The molecule has 0 amide bonds. The number of hydrogen-bond donors (Lipinski definition) is 1. The number of nitrogens with one attached hydrogen (secondary N) is 1.